The molecule has 0 spiro atoms. The van der Waals surface area contributed by atoms with E-state index in [0.29, 0.717) is 6.54 Å². The summed E-state index contributed by atoms with van der Waals surface area (Å²) < 4.78 is 1.89. The molecule has 5 nitrogen and oxygen atoms in total. The second-order valence-corrected chi connectivity index (χ2v) is 5.75. The van der Waals surface area contributed by atoms with Gasteiger partial charge in [0.15, 0.2) is 5.16 Å². The Morgan fingerprint density at radius 3 is 2.95 bits per heavy atom. The number of nitrogens with two attached hydrogens (primary N) is 1. The molecule has 0 fully saturated rings. The summed E-state index contributed by atoms with van der Waals surface area (Å²) in [5, 5.41) is 9.80. The first-order valence-electron chi connectivity index (χ1n) is 6.51. The van der Waals surface area contributed by atoms with Gasteiger partial charge in [-0.05, 0) is 48.6 Å². The molecule has 2 N–H and O–H groups in total. The van der Waals surface area contributed by atoms with Gasteiger partial charge in [0.1, 0.15) is 11.4 Å². The third kappa shape index (κ3) is 2.50. The van der Waals surface area contributed by atoms with Crippen molar-refractivity contribution in [3.05, 3.63) is 29.2 Å². The molecular weight excluding hydrogens is 258 g/mol. The molecule has 0 aromatic carbocycles. The van der Waals surface area contributed by atoms with Crippen molar-refractivity contribution in [3.8, 4) is 0 Å². The monoisotopic (exact) mass is 275 g/mol. The smallest absolute Gasteiger partial charge is 0.197 e. The zero-order chi connectivity index (χ0) is 13.2. The Hall–Kier alpha value is -1.40. The van der Waals surface area contributed by atoms with Crippen molar-refractivity contribution in [2.24, 2.45) is 12.8 Å². The standard InChI is InChI=1S/C13H17N5S/c1-18-8-15-17-13(18)19-12-10(7-14)6-9-4-2-3-5-11(9)16-12/h6,8H,2-5,7,14H2,1H3. The highest BCUT2D eigenvalue weighted by molar-refractivity contribution is 7.99. The lowest BCUT2D eigenvalue weighted by Crippen LogP contribution is -2.10. The number of fused-ring (bicyclic) bond motifs is 1. The van der Waals surface area contributed by atoms with Crippen LogP contribution in [0.1, 0.15) is 29.7 Å². The molecule has 2 aromatic heterocycles. The van der Waals surface area contributed by atoms with Crippen molar-refractivity contribution in [2.45, 2.75) is 42.4 Å². The van der Waals surface area contributed by atoms with Crippen molar-refractivity contribution in [1.82, 2.24) is 19.7 Å². The minimum Gasteiger partial charge on any atom is -0.326 e. The first-order chi connectivity index (χ1) is 9.28. The molecule has 100 valence electrons. The number of aromatic nitrogens is 4. The number of hydrogen-bond acceptors (Lipinski definition) is 5. The number of rotatable bonds is 3. The summed E-state index contributed by atoms with van der Waals surface area (Å²) in [4.78, 5) is 4.80. The summed E-state index contributed by atoms with van der Waals surface area (Å²) in [6.07, 6.45) is 6.39. The highest BCUT2D eigenvalue weighted by Crippen LogP contribution is 2.30. The van der Waals surface area contributed by atoms with Gasteiger partial charge in [0.2, 0.25) is 0 Å². The van der Waals surface area contributed by atoms with Crippen LogP contribution in [0.25, 0.3) is 0 Å². The molecule has 1 aliphatic rings. The van der Waals surface area contributed by atoms with Gasteiger partial charge in [-0.15, -0.1) is 10.2 Å². The van der Waals surface area contributed by atoms with Crippen LogP contribution in [0.2, 0.25) is 0 Å². The van der Waals surface area contributed by atoms with Crippen LogP contribution in [0.5, 0.6) is 0 Å². The Morgan fingerprint density at radius 2 is 2.21 bits per heavy atom. The van der Waals surface area contributed by atoms with Crippen molar-refractivity contribution in [1.29, 1.82) is 0 Å². The molecule has 0 aliphatic heterocycles. The molecule has 0 bridgehead atoms. The largest absolute Gasteiger partial charge is 0.326 e. The number of hydrogen-bond donors (Lipinski definition) is 1. The highest BCUT2D eigenvalue weighted by Gasteiger charge is 2.16. The van der Waals surface area contributed by atoms with E-state index >= 15 is 0 Å². The summed E-state index contributed by atoms with van der Waals surface area (Å²) in [6.45, 7) is 0.514. The van der Waals surface area contributed by atoms with Gasteiger partial charge in [-0.2, -0.15) is 0 Å². The number of aryl methyl sites for hydroxylation is 3. The second kappa shape index (κ2) is 5.30. The summed E-state index contributed by atoms with van der Waals surface area (Å²) in [6, 6.07) is 2.22. The lowest BCUT2D eigenvalue weighted by molar-refractivity contribution is 0.656. The lowest BCUT2D eigenvalue weighted by atomic mass is 9.95. The van der Waals surface area contributed by atoms with Gasteiger partial charge in [-0.3, -0.25) is 0 Å². The number of nitrogens with zero attached hydrogens (tertiary/aromatic N) is 4. The molecule has 0 saturated heterocycles. The zero-order valence-electron chi connectivity index (χ0n) is 11.0. The molecular formula is C13H17N5S. The summed E-state index contributed by atoms with van der Waals surface area (Å²) in [5.41, 5.74) is 9.56. The highest BCUT2D eigenvalue weighted by atomic mass is 32.2. The van der Waals surface area contributed by atoms with E-state index in [-0.39, 0.29) is 0 Å². The quantitative estimate of drug-likeness (QED) is 0.923. The lowest BCUT2D eigenvalue weighted by Gasteiger charge is -2.17. The predicted octanol–water partition coefficient (Wildman–Crippen LogP) is 1.70. The van der Waals surface area contributed by atoms with E-state index in [1.54, 1.807) is 18.1 Å². The fourth-order valence-corrected chi connectivity index (χ4v) is 3.23. The van der Waals surface area contributed by atoms with Gasteiger partial charge < -0.3 is 10.3 Å². The number of pyridine rings is 1. The zero-order valence-corrected chi connectivity index (χ0v) is 11.8. The van der Waals surface area contributed by atoms with Gasteiger partial charge >= 0.3 is 0 Å². The Bertz CT molecular complexity index is 593. The molecule has 19 heavy (non-hydrogen) atoms. The van der Waals surface area contributed by atoms with Crippen LogP contribution in [-0.4, -0.2) is 19.7 Å². The van der Waals surface area contributed by atoms with Gasteiger partial charge in [-0.25, -0.2) is 4.98 Å². The van der Waals surface area contributed by atoms with Crippen LogP contribution in [0, 0.1) is 0 Å². The minimum atomic E-state index is 0.514. The minimum absolute atomic E-state index is 0.514. The third-order valence-electron chi connectivity index (χ3n) is 3.42. The first kappa shape index (κ1) is 12.6. The third-order valence-corrected chi connectivity index (χ3v) is 4.52. The van der Waals surface area contributed by atoms with Crippen molar-refractivity contribution in [3.63, 3.8) is 0 Å². The van der Waals surface area contributed by atoms with E-state index in [2.05, 4.69) is 16.3 Å². The molecule has 1 aliphatic carbocycles. The molecule has 0 radical (unpaired) electrons. The first-order valence-corrected chi connectivity index (χ1v) is 7.33. The molecule has 2 heterocycles. The van der Waals surface area contributed by atoms with E-state index in [0.717, 1.165) is 28.6 Å². The van der Waals surface area contributed by atoms with E-state index < -0.39 is 0 Å². The summed E-state index contributed by atoms with van der Waals surface area (Å²) in [7, 11) is 1.93. The van der Waals surface area contributed by atoms with Gasteiger partial charge in [-0.1, -0.05) is 6.07 Å². The molecule has 0 atom stereocenters. The Balaban J connectivity index is 1.97. The summed E-state index contributed by atoms with van der Waals surface area (Å²) in [5.74, 6) is 0. The molecule has 0 unspecified atom stereocenters. The van der Waals surface area contributed by atoms with Crippen molar-refractivity contribution >= 4 is 11.8 Å². The van der Waals surface area contributed by atoms with E-state index in [4.69, 9.17) is 10.7 Å². The molecule has 0 amide bonds. The maximum absolute atomic E-state index is 5.85. The van der Waals surface area contributed by atoms with Crippen LogP contribution in [0.3, 0.4) is 0 Å². The maximum Gasteiger partial charge on any atom is 0.197 e. The Labute approximate surface area is 116 Å². The van der Waals surface area contributed by atoms with Crippen LogP contribution < -0.4 is 5.73 Å². The topological polar surface area (TPSA) is 69.6 Å². The van der Waals surface area contributed by atoms with Crippen molar-refractivity contribution < 1.29 is 0 Å². The fourth-order valence-electron chi connectivity index (χ4n) is 2.35. The molecule has 6 heteroatoms. The average Bonchev–Trinajstić information content (AvgIpc) is 2.83. The van der Waals surface area contributed by atoms with E-state index in [1.807, 2.05) is 11.6 Å². The van der Waals surface area contributed by atoms with Gasteiger partial charge in [0.25, 0.3) is 0 Å². The maximum atomic E-state index is 5.85. The predicted molar refractivity (Wildman–Crippen MR) is 73.9 cm³/mol. The van der Waals surface area contributed by atoms with Crippen LogP contribution in [0.4, 0.5) is 0 Å². The average molecular weight is 275 g/mol. The van der Waals surface area contributed by atoms with E-state index in [9.17, 15) is 0 Å². The fraction of sp³-hybridized carbons (Fsp3) is 0.462. The second-order valence-electron chi connectivity index (χ2n) is 4.80. The van der Waals surface area contributed by atoms with Crippen molar-refractivity contribution in [2.75, 3.05) is 0 Å². The molecule has 3 rings (SSSR count). The van der Waals surface area contributed by atoms with Crippen LogP contribution >= 0.6 is 11.8 Å². The Morgan fingerprint density at radius 1 is 1.37 bits per heavy atom. The molecule has 2 aromatic rings. The van der Waals surface area contributed by atoms with Gasteiger partial charge in [0.05, 0.1) is 0 Å². The van der Waals surface area contributed by atoms with Crippen LogP contribution in [-0.2, 0) is 26.4 Å². The van der Waals surface area contributed by atoms with E-state index in [1.165, 1.54) is 24.1 Å². The van der Waals surface area contributed by atoms with Crippen LogP contribution in [0.15, 0.2) is 22.6 Å². The van der Waals surface area contributed by atoms with Gasteiger partial charge in [0, 0.05) is 19.3 Å². The summed E-state index contributed by atoms with van der Waals surface area (Å²) >= 11 is 1.54. The molecule has 0 saturated carbocycles. The SMILES string of the molecule is Cn1cnnc1Sc1nc2c(cc1CN)CCCC2. The normalized spacial score (nSPS) is 14.4. The Kier molecular flexibility index (Phi) is 3.52.